The number of nitrogens with zero attached hydrogens (tertiary/aromatic N) is 6. The second kappa shape index (κ2) is 29.1. The Labute approximate surface area is 590 Å². The van der Waals surface area contributed by atoms with Crippen molar-refractivity contribution in [2.24, 2.45) is 0 Å². The maximum Gasteiger partial charge on any atom is 0.144 e. The number of phenols is 3. The molecule has 0 aliphatic rings. The summed E-state index contributed by atoms with van der Waals surface area (Å²) in [5.74, 6) is -0.250. The molecule has 0 spiro atoms. The zero-order valence-corrected chi connectivity index (χ0v) is 57.0. The molecule has 0 fully saturated rings. The summed E-state index contributed by atoms with van der Waals surface area (Å²) in [6, 6.07) is 82.3. The zero-order valence-electron chi connectivity index (χ0n) is 57.0. The highest BCUT2D eigenvalue weighted by Gasteiger charge is 2.23. The van der Waals surface area contributed by atoms with E-state index in [1.807, 2.05) is 231 Å². The highest BCUT2D eigenvalue weighted by Crippen LogP contribution is 2.41. The van der Waals surface area contributed by atoms with Gasteiger partial charge in [-0.3, -0.25) is 0 Å². The van der Waals surface area contributed by atoms with Crippen LogP contribution in [0.3, 0.4) is 0 Å². The van der Waals surface area contributed by atoms with Crippen LogP contribution >= 0.6 is 0 Å². The van der Waals surface area contributed by atoms with Gasteiger partial charge in [-0.05, 0) is 130 Å². The third-order valence-electron chi connectivity index (χ3n) is 18.7. The van der Waals surface area contributed by atoms with Crippen molar-refractivity contribution in [2.45, 2.75) is 20.0 Å². The zero-order chi connectivity index (χ0) is 71.6. The molecule has 0 aliphatic carbocycles. The van der Waals surface area contributed by atoms with Crippen LogP contribution in [0.25, 0.3) is 110 Å². The van der Waals surface area contributed by atoms with Crippen molar-refractivity contribution in [3.05, 3.63) is 319 Å². The molecule has 514 valence electrons. The number of aromatic nitrogens is 4. The van der Waals surface area contributed by atoms with Gasteiger partial charge in [-0.1, -0.05) is 146 Å². The number of phenolic OH excluding ortho intramolecular Hbond substituents is 3. The number of hydrogen-bond acceptors (Lipinski definition) is 7. The number of para-hydroxylation sites is 8. The first kappa shape index (κ1) is 67.8. The van der Waals surface area contributed by atoms with E-state index in [0.29, 0.717) is 65.8 Å². The van der Waals surface area contributed by atoms with Crippen molar-refractivity contribution in [1.29, 1.82) is 0 Å². The summed E-state index contributed by atoms with van der Waals surface area (Å²) in [5.41, 5.74) is 11.2. The van der Waals surface area contributed by atoms with E-state index >= 15 is 8.78 Å². The Balaban J connectivity index is 0.000000138. The number of hydrogen-bond donors (Lipinski definition) is 3. The van der Waals surface area contributed by atoms with E-state index in [1.54, 1.807) is 26.4 Å². The number of aromatic hydroxyl groups is 3. The van der Waals surface area contributed by atoms with E-state index in [9.17, 15) is 28.5 Å². The van der Waals surface area contributed by atoms with Gasteiger partial charge in [0.2, 0.25) is 0 Å². The standard InChI is InChI=1S/C42H36F2N4O2.C19H14FNO.C18H12FNO.C8H9FO/c1-45(25-27-21-29(43)23-39(41(27)49)47-35-15-7-3-11-31(35)32-12-4-8-16-36(32)47)19-20-46(2)26-28-22-30(44)24-40(42(28)50)48-37-17-9-5-13-33(37)34-14-6-10-18-38(34)48;1-22-19-11-10-13(20)12-18(19)21-16-8-4-2-6-14(16)15-7-3-5-9-17(15)21;19-12-9-10-18(21)17(11-12)20-15-7-3-1-5-13(15)14-6-2-4-8-16(14)20;1-6-5-7(9)3-4-8(6)10-2/h3-18,21-24,49-50H,19-20,25-26H2,1-2H3;2-12H,1H3;1-11,21H;3-5H,1-2H3. The number of halogens is 5. The molecule has 0 amide bonds. The van der Waals surface area contributed by atoms with E-state index in [4.69, 9.17) is 9.47 Å². The molecule has 3 N–H and O–H groups in total. The van der Waals surface area contributed by atoms with Crippen molar-refractivity contribution < 1.29 is 46.7 Å². The molecule has 4 heterocycles. The number of benzene rings is 13. The maximum atomic E-state index is 15.2. The van der Waals surface area contributed by atoms with Crippen molar-refractivity contribution in [1.82, 2.24) is 28.1 Å². The van der Waals surface area contributed by atoms with Gasteiger partial charge in [-0.25, -0.2) is 22.0 Å². The van der Waals surface area contributed by atoms with Crippen LogP contribution in [0.15, 0.2) is 273 Å². The van der Waals surface area contributed by atoms with Gasteiger partial charge in [0.15, 0.2) is 0 Å². The fraction of sp³-hybridized carbons (Fsp3) is 0.103. The summed E-state index contributed by atoms with van der Waals surface area (Å²) < 4.78 is 88.3. The molecule has 0 saturated carbocycles. The SMILES string of the molecule is CN(CCN(C)Cc1cc(F)cc(-n2c3ccccc3c3ccccc32)c1O)Cc1cc(F)cc(-n2c3ccccc3c3ccccc32)c1O.COc1ccc(F)cc1-n1c2ccccc2c2ccccc21.COc1ccc(F)cc1C.Oc1ccc(F)cc1-n1c2ccccc2c2ccccc21. The lowest BCUT2D eigenvalue weighted by Gasteiger charge is -2.24. The normalized spacial score (nSPS) is 11.5. The number of methoxy groups -OCH3 is 2. The molecule has 0 bridgehead atoms. The van der Waals surface area contributed by atoms with Gasteiger partial charge in [0, 0.05) is 105 Å². The average Bonchev–Trinajstić information content (AvgIpc) is 1.22. The van der Waals surface area contributed by atoms with Crippen molar-refractivity contribution >= 4 is 87.2 Å². The molecule has 0 atom stereocenters. The van der Waals surface area contributed by atoms with Crippen LogP contribution in [0.5, 0.6) is 28.7 Å². The molecule has 0 aliphatic heterocycles. The molecule has 16 heteroatoms. The quantitative estimate of drug-likeness (QED) is 0.0988. The van der Waals surface area contributed by atoms with Gasteiger partial charge >= 0.3 is 0 Å². The summed E-state index contributed by atoms with van der Waals surface area (Å²) in [4.78, 5) is 4.02. The second-order valence-corrected chi connectivity index (χ2v) is 25.4. The van der Waals surface area contributed by atoms with E-state index in [0.717, 1.165) is 98.5 Å². The lowest BCUT2D eigenvalue weighted by atomic mass is 10.1. The molecule has 0 radical (unpaired) electrons. The smallest absolute Gasteiger partial charge is 0.144 e. The predicted octanol–water partition coefficient (Wildman–Crippen LogP) is 20.8. The lowest BCUT2D eigenvalue weighted by Crippen LogP contribution is -2.30. The lowest BCUT2D eigenvalue weighted by molar-refractivity contribution is 0.243. The van der Waals surface area contributed by atoms with Crippen LogP contribution in [-0.4, -0.2) is 84.8 Å². The minimum atomic E-state index is -0.430. The van der Waals surface area contributed by atoms with E-state index in [-0.39, 0.29) is 34.7 Å². The van der Waals surface area contributed by atoms with Gasteiger partial charge in [0.1, 0.15) is 57.8 Å². The van der Waals surface area contributed by atoms with Gasteiger partial charge in [0.25, 0.3) is 0 Å². The molecule has 4 aromatic heterocycles. The Bertz CT molecular complexity index is 5630. The van der Waals surface area contributed by atoms with E-state index < -0.39 is 11.6 Å². The first-order valence-corrected chi connectivity index (χ1v) is 33.5. The molecule has 17 rings (SSSR count). The molecular formula is C87H71F5N6O5. The Morgan fingerprint density at radius 2 is 0.563 bits per heavy atom. The maximum absolute atomic E-state index is 15.2. The minimum Gasteiger partial charge on any atom is -0.506 e. The molecule has 0 unspecified atom stereocenters. The van der Waals surface area contributed by atoms with Crippen LogP contribution in [0, 0.1) is 36.0 Å². The van der Waals surface area contributed by atoms with Crippen LogP contribution < -0.4 is 9.47 Å². The van der Waals surface area contributed by atoms with Gasteiger partial charge < -0.3 is 52.9 Å². The van der Waals surface area contributed by atoms with Crippen molar-refractivity contribution in [2.75, 3.05) is 41.4 Å². The molecule has 13 aromatic carbocycles. The van der Waals surface area contributed by atoms with Gasteiger partial charge in [0.05, 0.1) is 81.1 Å². The van der Waals surface area contributed by atoms with Gasteiger partial charge in [-0.15, -0.1) is 0 Å². The Hall–Kier alpha value is -12.4. The minimum absolute atomic E-state index is 0.0281. The number of aryl methyl sites for hydroxylation is 1. The highest BCUT2D eigenvalue weighted by molar-refractivity contribution is 6.12. The molecular weight excluding hydrogens is 1300 g/mol. The van der Waals surface area contributed by atoms with Crippen LogP contribution in [0.2, 0.25) is 0 Å². The molecule has 0 saturated heterocycles. The Morgan fingerprint density at radius 3 is 0.883 bits per heavy atom. The first-order valence-electron chi connectivity index (χ1n) is 33.5. The molecule has 11 nitrogen and oxygen atoms in total. The van der Waals surface area contributed by atoms with Crippen LogP contribution in [0.1, 0.15) is 16.7 Å². The van der Waals surface area contributed by atoms with Crippen molar-refractivity contribution in [3.8, 4) is 51.5 Å². The molecule has 103 heavy (non-hydrogen) atoms. The summed E-state index contributed by atoms with van der Waals surface area (Å²) in [6.07, 6.45) is 0. The van der Waals surface area contributed by atoms with Crippen LogP contribution in [0.4, 0.5) is 22.0 Å². The van der Waals surface area contributed by atoms with Gasteiger partial charge in [-0.2, -0.15) is 0 Å². The summed E-state index contributed by atoms with van der Waals surface area (Å²) >= 11 is 0. The topological polar surface area (TPSA) is 105 Å². The summed E-state index contributed by atoms with van der Waals surface area (Å²) in [7, 11) is 7.00. The summed E-state index contributed by atoms with van der Waals surface area (Å²) in [6.45, 7) is 3.58. The highest BCUT2D eigenvalue weighted by atomic mass is 19.1. The Kier molecular flexibility index (Phi) is 19.1. The second-order valence-electron chi connectivity index (χ2n) is 25.4. The molecule has 17 aromatic rings. The fourth-order valence-corrected chi connectivity index (χ4v) is 14.0. The Morgan fingerprint density at radius 1 is 0.301 bits per heavy atom. The number of rotatable bonds is 13. The monoisotopic (exact) mass is 1370 g/mol. The first-order chi connectivity index (χ1) is 50.1. The van der Waals surface area contributed by atoms with E-state index in [1.165, 1.54) is 66.7 Å². The van der Waals surface area contributed by atoms with E-state index in [2.05, 4.69) is 12.1 Å². The fourth-order valence-electron chi connectivity index (χ4n) is 14.0. The number of likely N-dealkylation sites (N-methyl/N-ethyl adjacent to an activating group) is 2. The number of fused-ring (bicyclic) bond motifs is 12. The third-order valence-corrected chi connectivity index (χ3v) is 18.7. The average molecular weight is 1380 g/mol. The van der Waals surface area contributed by atoms with Crippen LogP contribution in [-0.2, 0) is 13.1 Å². The number of ether oxygens (including phenoxy) is 2. The largest absolute Gasteiger partial charge is 0.506 e. The summed E-state index contributed by atoms with van der Waals surface area (Å²) in [5, 5.41) is 41.8. The van der Waals surface area contributed by atoms with Crippen molar-refractivity contribution in [3.63, 3.8) is 0 Å². The predicted molar refractivity (Wildman–Crippen MR) is 405 cm³/mol. The third kappa shape index (κ3) is 13.3.